The van der Waals surface area contributed by atoms with Gasteiger partial charge in [0.15, 0.2) is 6.35 Å². The third-order valence-corrected chi connectivity index (χ3v) is 18.7. The largest absolute Gasteiger partial charge is 0.493 e. The second-order valence-corrected chi connectivity index (χ2v) is 25.9. The highest BCUT2D eigenvalue weighted by atomic mass is 35.5. The molecule has 4 N–H and O–H groups in total. The van der Waals surface area contributed by atoms with Crippen LogP contribution in [0.1, 0.15) is 111 Å². The molecule has 2 amide bonds. The fraction of sp³-hybridized carbons (Fsp3) is 0.493. The number of hydrogen-bond acceptors (Lipinski definition) is 17. The average Bonchev–Trinajstić information content (AvgIpc) is 1.53. The first-order valence-electron chi connectivity index (χ1n) is 31.9. The van der Waals surface area contributed by atoms with E-state index in [1.807, 2.05) is 61.5 Å². The van der Waals surface area contributed by atoms with E-state index >= 15 is 0 Å². The number of benzene rings is 4. The minimum Gasteiger partial charge on any atom is -0.493 e. The lowest BCUT2D eigenvalue weighted by Crippen LogP contribution is -2.63. The highest BCUT2D eigenvalue weighted by molar-refractivity contribution is 6.30. The van der Waals surface area contributed by atoms with Crippen molar-refractivity contribution in [1.29, 1.82) is 0 Å². The second kappa shape index (κ2) is 30.0. The van der Waals surface area contributed by atoms with E-state index < -0.39 is 23.2 Å². The number of piperazine rings is 1. The maximum Gasteiger partial charge on any atom is 0.254 e. The van der Waals surface area contributed by atoms with Crippen molar-refractivity contribution in [3.05, 3.63) is 152 Å². The number of amides is 2. The first-order chi connectivity index (χ1) is 44.2. The number of carbonyl (C=O) groups is 2. The van der Waals surface area contributed by atoms with E-state index in [1.165, 1.54) is 12.1 Å². The molecule has 4 aromatic carbocycles. The van der Waals surface area contributed by atoms with Gasteiger partial charge in [0.1, 0.15) is 28.8 Å². The number of nitrogens with two attached hydrogens (primary N) is 1. The van der Waals surface area contributed by atoms with Crippen molar-refractivity contribution in [2.24, 2.45) is 4.99 Å². The molecule has 2 bridgehead atoms. The SMILES string of the molecule is CCOc1cc(C(C)(C)C)ccc1C1=N[C@@](C)(c2ccc(Cl)cc2)[C@@](C)(c2ccc(Cl)cc2)N1C(O)N1CCN(CCOCCOCCOCCOCCC(=O)NCCn2nc3c(c2OC)-c2cnc(N)c(c2)N2CCC[C@@H]2c2cc(F)ccc2C(=O)N(C)C3)CC1. The fourth-order valence-corrected chi connectivity index (χ4v) is 13.2. The van der Waals surface area contributed by atoms with Gasteiger partial charge in [-0.25, -0.2) is 14.1 Å². The predicted molar refractivity (Wildman–Crippen MR) is 355 cm³/mol. The molecule has 2 aromatic heterocycles. The molecule has 92 heavy (non-hydrogen) atoms. The molecule has 6 heterocycles. The zero-order chi connectivity index (χ0) is 65.3. The number of fused-ring (bicyclic) bond motifs is 8. The molecule has 2 fully saturated rings. The average molecular weight is 1310 g/mol. The van der Waals surface area contributed by atoms with Crippen LogP contribution >= 0.6 is 23.2 Å². The van der Waals surface area contributed by atoms with Crippen molar-refractivity contribution >= 4 is 52.4 Å². The number of aliphatic hydroxyl groups is 1. The van der Waals surface area contributed by atoms with Gasteiger partial charge >= 0.3 is 0 Å². The molecule has 0 spiro atoms. The smallest absolute Gasteiger partial charge is 0.254 e. The van der Waals surface area contributed by atoms with Crippen LogP contribution in [0.5, 0.6) is 11.6 Å². The molecule has 0 saturated carbocycles. The maximum atomic E-state index is 14.8. The van der Waals surface area contributed by atoms with Gasteiger partial charge in [-0.3, -0.25) is 24.4 Å². The van der Waals surface area contributed by atoms with Gasteiger partial charge in [0.05, 0.1) is 114 Å². The summed E-state index contributed by atoms with van der Waals surface area (Å²) in [7, 11) is 3.25. The van der Waals surface area contributed by atoms with Crippen LogP contribution in [0.2, 0.25) is 10.0 Å². The van der Waals surface area contributed by atoms with Crippen LogP contribution in [0.25, 0.3) is 11.1 Å². The maximum absolute atomic E-state index is 14.8. The second-order valence-electron chi connectivity index (χ2n) is 25.1. The van der Waals surface area contributed by atoms with E-state index in [0.29, 0.717) is 139 Å². The molecule has 20 nitrogen and oxygen atoms in total. The molecular weight excluding hydrogens is 1220 g/mol. The standard InChI is InChI=1S/C69H88Cl2FN11O9/c1-9-92-59-42-49(67(2,3)4)16-22-54(59)63-76-68(5,47-12-17-50(70)18-13-47)69(6,48-14-19-51(71)20-15-48)83(63)66(86)80-30-28-79(29-31-80)32-34-89-36-38-91-40-39-90-37-35-88-33-24-60(84)74-25-27-82-65(87-8)61-46-41-58(62(73)75-44-46)81-26-10-11-57(81)55-43-52(72)21-23-53(55)64(85)78(7)45-56(61)77-82/h12-23,41-44,57,66,86H,9-11,24-40,45H2,1-8H3,(H2,73,75)(H,74,84)/t57-,66?,68+,69-/m1/s1. The Labute approximate surface area is 549 Å². The minimum absolute atomic E-state index is 0.124. The van der Waals surface area contributed by atoms with Crippen LogP contribution in [-0.4, -0.2) is 183 Å². The molecule has 6 aromatic rings. The molecule has 494 valence electrons. The van der Waals surface area contributed by atoms with E-state index in [0.717, 1.165) is 54.7 Å². The van der Waals surface area contributed by atoms with Gasteiger partial charge in [0.2, 0.25) is 11.8 Å². The minimum atomic E-state index is -1.07. The summed E-state index contributed by atoms with van der Waals surface area (Å²) in [5.41, 5.74) is 12.0. The van der Waals surface area contributed by atoms with E-state index in [2.05, 4.69) is 82.7 Å². The van der Waals surface area contributed by atoms with Gasteiger partial charge in [-0.1, -0.05) is 74.3 Å². The molecule has 4 aliphatic heterocycles. The number of halogens is 3. The Balaban J connectivity index is 0.636. The Morgan fingerprint density at radius 2 is 1.47 bits per heavy atom. The quantitative estimate of drug-likeness (QED) is 0.0432. The van der Waals surface area contributed by atoms with Gasteiger partial charge in [-0.2, -0.15) is 5.10 Å². The number of aliphatic hydroxyl groups excluding tert-OH is 1. The molecule has 2 saturated heterocycles. The van der Waals surface area contributed by atoms with Gasteiger partial charge in [0.25, 0.3) is 5.91 Å². The van der Waals surface area contributed by atoms with Crippen molar-refractivity contribution in [2.45, 2.75) is 103 Å². The van der Waals surface area contributed by atoms with Crippen LogP contribution in [0.15, 0.2) is 102 Å². The Morgan fingerprint density at radius 1 is 0.826 bits per heavy atom. The number of methoxy groups -OCH3 is 1. The van der Waals surface area contributed by atoms with Crippen LogP contribution < -0.4 is 25.4 Å². The zero-order valence-electron chi connectivity index (χ0n) is 54.2. The predicted octanol–water partition coefficient (Wildman–Crippen LogP) is 9.66. The van der Waals surface area contributed by atoms with Gasteiger partial charge < -0.3 is 59.3 Å². The molecule has 1 unspecified atom stereocenters. The molecule has 0 aliphatic carbocycles. The topological polar surface area (TPSA) is 207 Å². The summed E-state index contributed by atoms with van der Waals surface area (Å²) in [5.74, 6) is 1.25. The lowest BCUT2D eigenvalue weighted by Gasteiger charge is -2.51. The van der Waals surface area contributed by atoms with Crippen LogP contribution in [0.4, 0.5) is 15.9 Å². The normalized spacial score (nSPS) is 19.9. The Bertz CT molecular complexity index is 3550. The van der Waals surface area contributed by atoms with Crippen molar-refractivity contribution in [1.82, 2.24) is 39.7 Å². The number of anilines is 2. The van der Waals surface area contributed by atoms with Crippen molar-refractivity contribution in [2.75, 3.05) is 130 Å². The third-order valence-electron chi connectivity index (χ3n) is 18.2. The van der Waals surface area contributed by atoms with E-state index in [1.54, 1.807) is 36.0 Å². The highest BCUT2D eigenvalue weighted by Crippen LogP contribution is 2.55. The van der Waals surface area contributed by atoms with Gasteiger partial charge in [-0.15, -0.1) is 0 Å². The Hall–Kier alpha value is -6.92. The lowest BCUT2D eigenvalue weighted by atomic mass is 9.71. The summed E-state index contributed by atoms with van der Waals surface area (Å²) in [4.78, 5) is 47.4. The Morgan fingerprint density at radius 3 is 2.12 bits per heavy atom. The van der Waals surface area contributed by atoms with Gasteiger partial charge in [-0.05, 0) is 122 Å². The monoisotopic (exact) mass is 1300 g/mol. The number of amidine groups is 1. The van der Waals surface area contributed by atoms with Crippen LogP contribution in [0.3, 0.4) is 0 Å². The number of nitrogen functional groups attached to an aromatic ring is 1. The van der Waals surface area contributed by atoms with Crippen LogP contribution in [-0.2, 0) is 53.3 Å². The first-order valence-corrected chi connectivity index (χ1v) is 32.6. The van der Waals surface area contributed by atoms with E-state index in [9.17, 15) is 19.1 Å². The number of carbonyl (C=O) groups excluding carboxylic acids is 2. The number of aliphatic imine (C=N–C) groups is 1. The first kappa shape index (κ1) is 68.0. The summed E-state index contributed by atoms with van der Waals surface area (Å²) in [6.45, 7) is 21.1. The van der Waals surface area contributed by atoms with Gasteiger partial charge in [0, 0.05) is 86.7 Å². The van der Waals surface area contributed by atoms with Crippen molar-refractivity contribution < 1.29 is 47.5 Å². The third kappa shape index (κ3) is 14.9. The van der Waals surface area contributed by atoms with E-state index in [-0.39, 0.29) is 55.9 Å². The number of nitrogens with zero attached hydrogens (tertiary/aromatic N) is 9. The number of rotatable bonds is 26. The zero-order valence-corrected chi connectivity index (χ0v) is 55.7. The summed E-state index contributed by atoms with van der Waals surface area (Å²) >= 11 is 13.0. The number of ether oxygens (including phenoxy) is 6. The molecule has 4 aliphatic rings. The molecule has 4 atom stereocenters. The molecule has 0 radical (unpaired) electrons. The molecule has 10 rings (SSSR count). The summed E-state index contributed by atoms with van der Waals surface area (Å²) in [5, 5.41) is 22.0. The lowest BCUT2D eigenvalue weighted by molar-refractivity contribution is -0.136. The van der Waals surface area contributed by atoms with Crippen LogP contribution in [0, 0.1) is 5.82 Å². The fourth-order valence-electron chi connectivity index (χ4n) is 13.0. The number of nitrogens with one attached hydrogen (secondary N) is 1. The van der Waals surface area contributed by atoms with Crippen molar-refractivity contribution in [3.63, 3.8) is 0 Å². The number of pyridine rings is 1. The molecule has 23 heteroatoms. The highest BCUT2D eigenvalue weighted by Gasteiger charge is 2.60. The summed E-state index contributed by atoms with van der Waals surface area (Å²) < 4.78 is 52.0. The summed E-state index contributed by atoms with van der Waals surface area (Å²) in [6.07, 6.45) is 2.31. The Kier molecular flexibility index (Phi) is 22.2. The summed E-state index contributed by atoms with van der Waals surface area (Å²) in [6, 6.07) is 28.0. The number of hydrogen-bond donors (Lipinski definition) is 3. The molecular formula is C69H88Cl2FN11O9. The van der Waals surface area contributed by atoms with E-state index in [4.69, 9.17) is 67.4 Å². The number of aromatic nitrogens is 3. The van der Waals surface area contributed by atoms with Crippen molar-refractivity contribution in [3.8, 4) is 22.8 Å².